The molecule has 2 aromatic rings. The lowest BCUT2D eigenvalue weighted by Crippen LogP contribution is -2.29. The van der Waals surface area contributed by atoms with Crippen LogP contribution in [0, 0.1) is 0 Å². The standard InChI is InChI=1S/C24H23Br2NO5S2/c1-3-31-21(28)8-5-9-27-23(29)20(34-24(27)33)13-16-11-18(26)22(19(12-16)30-2)32-14-15-6-4-7-17(25)10-15/h4,6-7,10-13H,3,5,8-9,14H2,1-2H3/b20-13+. The van der Waals surface area contributed by atoms with Crippen molar-refractivity contribution in [3.05, 3.63) is 61.4 Å². The molecule has 1 aliphatic heterocycles. The molecule has 180 valence electrons. The van der Waals surface area contributed by atoms with Gasteiger partial charge < -0.3 is 14.2 Å². The molecule has 10 heteroatoms. The Labute approximate surface area is 225 Å². The Balaban J connectivity index is 1.71. The van der Waals surface area contributed by atoms with Crippen molar-refractivity contribution in [2.45, 2.75) is 26.4 Å². The predicted octanol–water partition coefficient (Wildman–Crippen LogP) is 6.34. The molecule has 6 nitrogen and oxygen atoms in total. The highest BCUT2D eigenvalue weighted by molar-refractivity contribution is 9.10. The van der Waals surface area contributed by atoms with Gasteiger partial charge in [0.25, 0.3) is 5.91 Å². The largest absolute Gasteiger partial charge is 0.493 e. The SMILES string of the molecule is CCOC(=O)CCCN1C(=O)/C(=C\c2cc(Br)c(OCc3cccc(Br)c3)c(OC)c2)SC1=S. The number of nitrogens with zero attached hydrogens (tertiary/aromatic N) is 1. The monoisotopic (exact) mass is 627 g/mol. The Morgan fingerprint density at radius 3 is 2.74 bits per heavy atom. The molecule has 0 unspecified atom stereocenters. The van der Waals surface area contributed by atoms with Crippen LogP contribution in [0.2, 0.25) is 0 Å². The van der Waals surface area contributed by atoms with Gasteiger partial charge in [0.15, 0.2) is 11.5 Å². The number of methoxy groups -OCH3 is 1. The van der Waals surface area contributed by atoms with Gasteiger partial charge in [-0.25, -0.2) is 0 Å². The molecule has 1 saturated heterocycles. The summed E-state index contributed by atoms with van der Waals surface area (Å²) >= 11 is 13.6. The lowest BCUT2D eigenvalue weighted by atomic mass is 10.1. The third kappa shape index (κ3) is 7.07. The quantitative estimate of drug-likeness (QED) is 0.173. The van der Waals surface area contributed by atoms with Crippen molar-refractivity contribution in [1.82, 2.24) is 4.90 Å². The van der Waals surface area contributed by atoms with Crippen molar-refractivity contribution in [3.63, 3.8) is 0 Å². The third-order valence-electron chi connectivity index (χ3n) is 4.76. The molecular weight excluding hydrogens is 606 g/mol. The maximum Gasteiger partial charge on any atom is 0.305 e. The maximum absolute atomic E-state index is 12.9. The first kappa shape index (κ1) is 26.7. The molecule has 1 heterocycles. The molecule has 1 aliphatic rings. The van der Waals surface area contributed by atoms with E-state index in [0.717, 1.165) is 15.6 Å². The molecule has 0 aliphatic carbocycles. The lowest BCUT2D eigenvalue weighted by Gasteiger charge is -2.14. The predicted molar refractivity (Wildman–Crippen MR) is 145 cm³/mol. The molecule has 0 saturated carbocycles. The smallest absolute Gasteiger partial charge is 0.305 e. The van der Waals surface area contributed by atoms with Crippen LogP contribution in [0.15, 0.2) is 50.2 Å². The first-order chi connectivity index (χ1) is 16.3. The van der Waals surface area contributed by atoms with Gasteiger partial charge >= 0.3 is 5.97 Å². The Morgan fingerprint density at radius 2 is 2.03 bits per heavy atom. The summed E-state index contributed by atoms with van der Waals surface area (Å²) in [4.78, 5) is 26.5. The average Bonchev–Trinajstić information content (AvgIpc) is 3.05. The van der Waals surface area contributed by atoms with Crippen molar-refractivity contribution < 1.29 is 23.8 Å². The van der Waals surface area contributed by atoms with E-state index in [2.05, 4.69) is 31.9 Å². The molecule has 2 aromatic carbocycles. The summed E-state index contributed by atoms with van der Waals surface area (Å²) in [6.07, 6.45) is 2.51. The average molecular weight is 629 g/mol. The highest BCUT2D eigenvalue weighted by atomic mass is 79.9. The van der Waals surface area contributed by atoms with E-state index in [1.165, 1.54) is 16.7 Å². The van der Waals surface area contributed by atoms with E-state index in [4.69, 9.17) is 26.4 Å². The second kappa shape index (κ2) is 12.7. The zero-order valence-corrected chi connectivity index (χ0v) is 23.4. The molecule has 1 fully saturated rings. The zero-order valence-electron chi connectivity index (χ0n) is 18.6. The number of rotatable bonds is 10. The third-order valence-corrected chi connectivity index (χ3v) is 7.22. The van der Waals surface area contributed by atoms with Gasteiger partial charge in [-0.3, -0.25) is 14.5 Å². The molecule has 0 bridgehead atoms. The van der Waals surface area contributed by atoms with Gasteiger partial charge in [0.05, 0.1) is 23.1 Å². The highest BCUT2D eigenvalue weighted by Gasteiger charge is 2.31. The number of benzene rings is 2. The minimum Gasteiger partial charge on any atom is -0.493 e. The normalized spacial score (nSPS) is 14.6. The van der Waals surface area contributed by atoms with Crippen LogP contribution < -0.4 is 9.47 Å². The van der Waals surface area contributed by atoms with Gasteiger partial charge in [-0.2, -0.15) is 0 Å². The Kier molecular flexibility index (Phi) is 9.99. The van der Waals surface area contributed by atoms with Crippen molar-refractivity contribution in [2.24, 2.45) is 0 Å². The summed E-state index contributed by atoms with van der Waals surface area (Å²) in [5.41, 5.74) is 1.78. The van der Waals surface area contributed by atoms with Gasteiger partial charge in [-0.15, -0.1) is 0 Å². The van der Waals surface area contributed by atoms with Crippen molar-refractivity contribution in [1.29, 1.82) is 0 Å². The van der Waals surface area contributed by atoms with Crippen molar-refractivity contribution in [3.8, 4) is 11.5 Å². The van der Waals surface area contributed by atoms with Crippen LogP contribution in [0.4, 0.5) is 0 Å². The number of ether oxygens (including phenoxy) is 3. The van der Waals surface area contributed by atoms with Gasteiger partial charge in [0.1, 0.15) is 10.9 Å². The van der Waals surface area contributed by atoms with E-state index in [-0.39, 0.29) is 18.3 Å². The molecule has 0 N–H and O–H groups in total. The number of halogens is 2. The number of amides is 1. The summed E-state index contributed by atoms with van der Waals surface area (Å²) < 4.78 is 18.6. The van der Waals surface area contributed by atoms with Gasteiger partial charge in [-0.1, -0.05) is 52.0 Å². The van der Waals surface area contributed by atoms with E-state index < -0.39 is 0 Å². The first-order valence-electron chi connectivity index (χ1n) is 10.5. The fourth-order valence-corrected chi connectivity index (χ4v) is 5.53. The molecule has 0 spiro atoms. The highest BCUT2D eigenvalue weighted by Crippen LogP contribution is 2.39. The summed E-state index contributed by atoms with van der Waals surface area (Å²) in [6, 6.07) is 11.6. The summed E-state index contributed by atoms with van der Waals surface area (Å²) in [5.74, 6) is 0.665. The van der Waals surface area contributed by atoms with Crippen molar-refractivity contribution in [2.75, 3.05) is 20.3 Å². The van der Waals surface area contributed by atoms with E-state index >= 15 is 0 Å². The Bertz CT molecular complexity index is 1120. The van der Waals surface area contributed by atoms with Crippen molar-refractivity contribution >= 4 is 78.1 Å². The minimum atomic E-state index is -0.275. The lowest BCUT2D eigenvalue weighted by molar-refractivity contribution is -0.143. The number of hydrogen-bond donors (Lipinski definition) is 0. The first-order valence-corrected chi connectivity index (χ1v) is 13.3. The molecule has 1 amide bonds. The molecule has 0 radical (unpaired) electrons. The minimum absolute atomic E-state index is 0.177. The topological polar surface area (TPSA) is 65.1 Å². The molecular formula is C24H23Br2NO5S2. The fourth-order valence-electron chi connectivity index (χ4n) is 3.20. The second-order valence-corrected chi connectivity index (χ2v) is 10.6. The molecule has 3 rings (SSSR count). The molecule has 0 aromatic heterocycles. The number of carbonyl (C=O) groups excluding carboxylic acids is 2. The van der Waals surface area contributed by atoms with Crippen LogP contribution in [0.1, 0.15) is 30.9 Å². The zero-order chi connectivity index (χ0) is 24.7. The number of thiocarbonyl (C=S) groups is 1. The van der Waals surface area contributed by atoms with Crippen LogP contribution in [-0.2, 0) is 20.9 Å². The second-order valence-electron chi connectivity index (χ2n) is 7.19. The molecule has 0 atom stereocenters. The van der Waals surface area contributed by atoms with Crippen LogP contribution in [0.25, 0.3) is 6.08 Å². The number of carbonyl (C=O) groups is 2. The van der Waals surface area contributed by atoms with E-state index in [1.54, 1.807) is 20.1 Å². The van der Waals surface area contributed by atoms with E-state index in [1.807, 2.05) is 36.4 Å². The number of thioether (sulfide) groups is 1. The fraction of sp³-hybridized carbons (Fsp3) is 0.292. The van der Waals surface area contributed by atoms with E-state index in [9.17, 15) is 9.59 Å². The maximum atomic E-state index is 12.9. The molecule has 34 heavy (non-hydrogen) atoms. The number of esters is 1. The summed E-state index contributed by atoms with van der Waals surface area (Å²) in [7, 11) is 1.57. The van der Waals surface area contributed by atoms with Crippen LogP contribution in [-0.4, -0.2) is 41.4 Å². The van der Waals surface area contributed by atoms with Crippen LogP contribution in [0.5, 0.6) is 11.5 Å². The van der Waals surface area contributed by atoms with Gasteiger partial charge in [0.2, 0.25) is 0 Å². The Hall–Kier alpha value is -1.88. The summed E-state index contributed by atoms with van der Waals surface area (Å²) in [5, 5.41) is 0. The Morgan fingerprint density at radius 1 is 1.24 bits per heavy atom. The van der Waals surface area contributed by atoms with Gasteiger partial charge in [-0.05, 0) is 70.7 Å². The van der Waals surface area contributed by atoms with Gasteiger partial charge in [0, 0.05) is 17.4 Å². The van der Waals surface area contributed by atoms with Crippen LogP contribution in [0.3, 0.4) is 0 Å². The van der Waals surface area contributed by atoms with Crippen LogP contribution >= 0.6 is 55.8 Å². The van der Waals surface area contributed by atoms with E-state index in [0.29, 0.717) is 51.4 Å². The number of hydrogen-bond acceptors (Lipinski definition) is 7. The summed E-state index contributed by atoms with van der Waals surface area (Å²) in [6.45, 7) is 2.85.